The average molecular weight is 403 g/mol. The largest absolute Gasteiger partial charge is 0.378 e. The van der Waals surface area contributed by atoms with Gasteiger partial charge in [-0.1, -0.05) is 6.07 Å². The Hall–Kier alpha value is -3.32. The molecule has 7 heteroatoms. The number of ether oxygens (including phenoxy) is 1. The molecule has 7 nitrogen and oxygen atoms in total. The van der Waals surface area contributed by atoms with E-state index < -0.39 is 0 Å². The van der Waals surface area contributed by atoms with E-state index in [2.05, 4.69) is 76.1 Å². The second kappa shape index (κ2) is 7.50. The molecule has 0 spiro atoms. The molecule has 0 atom stereocenters. The molecule has 30 heavy (non-hydrogen) atoms. The lowest BCUT2D eigenvalue weighted by Crippen LogP contribution is -2.37. The van der Waals surface area contributed by atoms with Crippen LogP contribution >= 0.6 is 0 Å². The fourth-order valence-corrected chi connectivity index (χ4v) is 4.06. The van der Waals surface area contributed by atoms with Crippen LogP contribution in [0.3, 0.4) is 0 Å². The summed E-state index contributed by atoms with van der Waals surface area (Å²) in [6.07, 6.45) is 0. The Bertz CT molecular complexity index is 1180. The molecule has 4 heterocycles. The Morgan fingerprint density at radius 3 is 2.50 bits per heavy atom. The van der Waals surface area contributed by atoms with Crippen molar-refractivity contribution >= 4 is 28.5 Å². The summed E-state index contributed by atoms with van der Waals surface area (Å²) >= 11 is 0. The van der Waals surface area contributed by atoms with E-state index in [-0.39, 0.29) is 0 Å². The van der Waals surface area contributed by atoms with Gasteiger partial charge in [-0.25, -0.2) is 0 Å². The predicted molar refractivity (Wildman–Crippen MR) is 120 cm³/mol. The Labute approximate surface area is 175 Å². The first-order valence-electron chi connectivity index (χ1n) is 10.3. The van der Waals surface area contributed by atoms with Gasteiger partial charge in [-0.3, -0.25) is 0 Å². The highest BCUT2D eigenvalue weighted by molar-refractivity contribution is 5.91. The Kier molecular flexibility index (Phi) is 4.67. The minimum Gasteiger partial charge on any atom is -0.378 e. The topological polar surface area (TPSA) is 71.0 Å². The number of benzene rings is 1. The van der Waals surface area contributed by atoms with Gasteiger partial charge in [0.05, 0.1) is 18.6 Å². The molecule has 1 aliphatic heterocycles. The van der Waals surface area contributed by atoms with Crippen molar-refractivity contribution in [3.05, 3.63) is 59.5 Å². The molecule has 5 rings (SSSR count). The molecule has 0 aliphatic carbocycles. The van der Waals surface area contributed by atoms with Gasteiger partial charge < -0.3 is 24.5 Å². The minimum atomic E-state index is 0.700. The molecule has 4 aromatic rings. The van der Waals surface area contributed by atoms with Gasteiger partial charge in [-0.05, 0) is 57.2 Å². The first-order valence-corrected chi connectivity index (χ1v) is 10.3. The van der Waals surface area contributed by atoms with Crippen LogP contribution in [0, 0.1) is 20.8 Å². The van der Waals surface area contributed by atoms with Gasteiger partial charge >= 0.3 is 0 Å². The van der Waals surface area contributed by atoms with Crippen LogP contribution in [0.1, 0.15) is 17.1 Å². The molecule has 1 saturated heterocycles. The summed E-state index contributed by atoms with van der Waals surface area (Å²) in [5, 5.41) is 4.53. The standard InChI is InChI=1S/C23H26N6O/c1-15-13-20-21(24-15)26-23(28-9-11-30-12-10-28)27-22(20)25-18-5-4-6-19(14-18)29-16(2)7-8-17(29)3/h4-8,13-14H,9-12H2,1-3H3,(H2,24,25,26,27). The van der Waals surface area contributed by atoms with E-state index in [0.29, 0.717) is 13.2 Å². The fraction of sp³-hybridized carbons (Fsp3) is 0.304. The quantitative estimate of drug-likeness (QED) is 0.534. The van der Waals surface area contributed by atoms with Gasteiger partial charge in [-0.2, -0.15) is 9.97 Å². The number of rotatable bonds is 4. The number of hydrogen-bond acceptors (Lipinski definition) is 5. The molecule has 0 unspecified atom stereocenters. The van der Waals surface area contributed by atoms with E-state index in [9.17, 15) is 0 Å². The van der Waals surface area contributed by atoms with Crippen molar-refractivity contribution in [2.45, 2.75) is 20.8 Å². The highest BCUT2D eigenvalue weighted by atomic mass is 16.5. The molecule has 1 aliphatic rings. The number of aromatic amines is 1. The summed E-state index contributed by atoms with van der Waals surface area (Å²) in [4.78, 5) is 15.2. The van der Waals surface area contributed by atoms with Crippen molar-refractivity contribution in [2.75, 3.05) is 36.5 Å². The summed E-state index contributed by atoms with van der Waals surface area (Å²) in [5.41, 5.74) is 6.46. The lowest BCUT2D eigenvalue weighted by molar-refractivity contribution is 0.122. The van der Waals surface area contributed by atoms with E-state index >= 15 is 0 Å². The van der Waals surface area contributed by atoms with Crippen molar-refractivity contribution in [1.82, 2.24) is 19.5 Å². The lowest BCUT2D eigenvalue weighted by atomic mass is 10.2. The average Bonchev–Trinajstić information content (AvgIpc) is 3.29. The molecule has 0 radical (unpaired) electrons. The molecule has 0 bridgehead atoms. The predicted octanol–water partition coefficient (Wildman–Crippen LogP) is 4.25. The van der Waals surface area contributed by atoms with Crippen molar-refractivity contribution < 1.29 is 4.74 Å². The number of nitrogens with zero attached hydrogens (tertiary/aromatic N) is 4. The zero-order valence-electron chi connectivity index (χ0n) is 17.6. The molecule has 0 amide bonds. The van der Waals surface area contributed by atoms with Crippen molar-refractivity contribution in [2.24, 2.45) is 0 Å². The maximum Gasteiger partial charge on any atom is 0.229 e. The Morgan fingerprint density at radius 1 is 0.967 bits per heavy atom. The van der Waals surface area contributed by atoms with E-state index in [1.807, 2.05) is 6.92 Å². The van der Waals surface area contributed by atoms with Crippen LogP contribution in [0.15, 0.2) is 42.5 Å². The highest BCUT2D eigenvalue weighted by Gasteiger charge is 2.18. The Morgan fingerprint density at radius 2 is 1.73 bits per heavy atom. The number of aryl methyl sites for hydroxylation is 3. The summed E-state index contributed by atoms with van der Waals surface area (Å²) in [6, 6.07) is 14.8. The first kappa shape index (κ1) is 18.7. The van der Waals surface area contributed by atoms with E-state index in [4.69, 9.17) is 14.7 Å². The van der Waals surface area contributed by atoms with Crippen LogP contribution in [0.5, 0.6) is 0 Å². The summed E-state index contributed by atoms with van der Waals surface area (Å²) in [7, 11) is 0. The van der Waals surface area contributed by atoms with Gasteiger partial charge in [0, 0.05) is 41.5 Å². The van der Waals surface area contributed by atoms with Crippen molar-refractivity contribution in [3.63, 3.8) is 0 Å². The number of morpholine rings is 1. The number of fused-ring (bicyclic) bond motifs is 1. The first-order chi connectivity index (χ1) is 14.6. The fourth-order valence-electron chi connectivity index (χ4n) is 4.06. The van der Waals surface area contributed by atoms with Gasteiger partial charge in [0.1, 0.15) is 11.5 Å². The molecule has 3 aromatic heterocycles. The van der Waals surface area contributed by atoms with Gasteiger partial charge in [0.25, 0.3) is 0 Å². The van der Waals surface area contributed by atoms with Crippen LogP contribution in [0.4, 0.5) is 17.5 Å². The van der Waals surface area contributed by atoms with Crippen LogP contribution in [0.2, 0.25) is 0 Å². The van der Waals surface area contributed by atoms with Gasteiger partial charge in [0.2, 0.25) is 5.95 Å². The minimum absolute atomic E-state index is 0.700. The number of H-pyrrole nitrogens is 1. The molecular weight excluding hydrogens is 376 g/mol. The highest BCUT2D eigenvalue weighted by Crippen LogP contribution is 2.28. The number of hydrogen-bond donors (Lipinski definition) is 2. The number of anilines is 3. The van der Waals surface area contributed by atoms with Crippen molar-refractivity contribution in [3.8, 4) is 5.69 Å². The molecule has 0 saturated carbocycles. The van der Waals surface area contributed by atoms with E-state index in [1.54, 1.807) is 0 Å². The maximum absolute atomic E-state index is 5.48. The van der Waals surface area contributed by atoms with Crippen LogP contribution in [-0.4, -0.2) is 45.8 Å². The lowest BCUT2D eigenvalue weighted by Gasteiger charge is -2.27. The summed E-state index contributed by atoms with van der Waals surface area (Å²) < 4.78 is 7.73. The monoisotopic (exact) mass is 402 g/mol. The second-order valence-electron chi connectivity index (χ2n) is 7.81. The smallest absolute Gasteiger partial charge is 0.229 e. The van der Waals surface area contributed by atoms with Crippen LogP contribution in [-0.2, 0) is 4.74 Å². The SMILES string of the molecule is Cc1cc2c(Nc3cccc(-n4c(C)ccc4C)c3)nc(N3CCOCC3)nc2[nH]1. The summed E-state index contributed by atoms with van der Waals surface area (Å²) in [6.45, 7) is 9.28. The Balaban J connectivity index is 1.54. The third kappa shape index (κ3) is 3.41. The van der Waals surface area contributed by atoms with E-state index in [0.717, 1.165) is 53.0 Å². The zero-order valence-corrected chi connectivity index (χ0v) is 17.6. The maximum atomic E-state index is 5.48. The van der Waals surface area contributed by atoms with Gasteiger partial charge in [0.15, 0.2) is 0 Å². The molecular formula is C23H26N6O. The second-order valence-corrected chi connectivity index (χ2v) is 7.81. The molecule has 2 N–H and O–H groups in total. The zero-order chi connectivity index (χ0) is 20.7. The third-order valence-electron chi connectivity index (χ3n) is 5.54. The number of aromatic nitrogens is 4. The molecule has 1 aromatic carbocycles. The van der Waals surface area contributed by atoms with Crippen molar-refractivity contribution in [1.29, 1.82) is 0 Å². The normalized spacial score (nSPS) is 14.4. The van der Waals surface area contributed by atoms with Gasteiger partial charge in [-0.15, -0.1) is 0 Å². The van der Waals surface area contributed by atoms with Crippen LogP contribution < -0.4 is 10.2 Å². The summed E-state index contributed by atoms with van der Waals surface area (Å²) in [5.74, 6) is 1.53. The van der Waals surface area contributed by atoms with Crippen LogP contribution in [0.25, 0.3) is 16.7 Å². The number of nitrogens with one attached hydrogen (secondary N) is 2. The van der Waals surface area contributed by atoms with E-state index in [1.165, 1.54) is 11.4 Å². The third-order valence-corrected chi connectivity index (χ3v) is 5.54. The molecule has 1 fully saturated rings. The molecule has 154 valence electrons.